The molecular weight excluding hydrogens is 404 g/mol. The minimum Gasteiger partial charge on any atom is -0.457 e. The van der Waals surface area contributed by atoms with Crippen molar-refractivity contribution in [1.82, 2.24) is 10.2 Å². The number of hydrogen-bond donors (Lipinski definition) is 1. The topological polar surface area (TPSA) is 84.9 Å². The first-order valence-corrected chi connectivity index (χ1v) is 10.4. The van der Waals surface area contributed by atoms with E-state index in [9.17, 15) is 14.4 Å². The van der Waals surface area contributed by atoms with Gasteiger partial charge in [-0.2, -0.15) is 0 Å². The van der Waals surface area contributed by atoms with Gasteiger partial charge in [-0.25, -0.2) is 4.79 Å². The van der Waals surface area contributed by atoms with Gasteiger partial charge >= 0.3 is 6.09 Å². The summed E-state index contributed by atoms with van der Waals surface area (Å²) in [5, 5.41) is 1.87. The number of likely N-dealkylation sites (N-methyl/N-ethyl adjacent to an activating group) is 1. The fourth-order valence-corrected chi connectivity index (χ4v) is 4.03. The van der Waals surface area contributed by atoms with E-state index < -0.39 is 0 Å². The van der Waals surface area contributed by atoms with E-state index in [-0.39, 0.29) is 23.3 Å². The summed E-state index contributed by atoms with van der Waals surface area (Å²) in [6.45, 7) is 3.00. The van der Waals surface area contributed by atoms with Crippen LogP contribution in [0.3, 0.4) is 0 Å². The van der Waals surface area contributed by atoms with Gasteiger partial charge in [-0.3, -0.25) is 14.9 Å². The maximum atomic E-state index is 11.7. The average Bonchev–Trinajstić information content (AvgIpc) is 3.25. The molecule has 0 radical (unpaired) electrons. The second kappa shape index (κ2) is 8.62. The molecule has 7 nitrogen and oxygen atoms in total. The van der Waals surface area contributed by atoms with Crippen LogP contribution in [-0.2, 0) is 16.0 Å². The van der Waals surface area contributed by atoms with Crippen LogP contribution in [0.2, 0.25) is 0 Å². The summed E-state index contributed by atoms with van der Waals surface area (Å²) in [5.41, 5.74) is 1.91. The van der Waals surface area contributed by atoms with Gasteiger partial charge in [-0.15, -0.1) is 0 Å². The molecule has 1 unspecified atom stereocenters. The number of nitrogens with one attached hydrogen (secondary N) is 1. The molecule has 8 heteroatoms. The van der Waals surface area contributed by atoms with Crippen LogP contribution in [-0.4, -0.2) is 41.3 Å². The zero-order valence-corrected chi connectivity index (χ0v) is 17.1. The number of ether oxygens (including phenoxy) is 2. The zero-order chi connectivity index (χ0) is 21.1. The lowest BCUT2D eigenvalue weighted by atomic mass is 10.1. The molecule has 1 N–H and O–H groups in total. The summed E-state index contributed by atoms with van der Waals surface area (Å²) in [6, 6.07) is 15.1. The molecule has 2 aliphatic rings. The highest BCUT2D eigenvalue weighted by Gasteiger charge is 2.31. The highest BCUT2D eigenvalue weighted by atomic mass is 32.2. The number of imide groups is 1. The van der Waals surface area contributed by atoms with Crippen molar-refractivity contribution < 1.29 is 23.9 Å². The Balaban J connectivity index is 1.37. The normalized spacial score (nSPS) is 19.9. The molecule has 2 fully saturated rings. The average molecular weight is 424 g/mol. The lowest BCUT2D eigenvalue weighted by Crippen LogP contribution is -2.34. The Morgan fingerprint density at radius 3 is 2.37 bits per heavy atom. The highest BCUT2D eigenvalue weighted by Crippen LogP contribution is 2.27. The van der Waals surface area contributed by atoms with E-state index in [1.54, 1.807) is 23.1 Å². The minimum absolute atomic E-state index is 0.0614. The fraction of sp³-hybridized carbons (Fsp3) is 0.227. The molecule has 0 saturated carbocycles. The predicted molar refractivity (Wildman–Crippen MR) is 113 cm³/mol. The smallest absolute Gasteiger partial charge is 0.410 e. The summed E-state index contributed by atoms with van der Waals surface area (Å²) < 4.78 is 11.0. The number of nitrogens with zero attached hydrogens (tertiary/aromatic N) is 1. The van der Waals surface area contributed by atoms with Crippen molar-refractivity contribution in [2.24, 2.45) is 0 Å². The van der Waals surface area contributed by atoms with Crippen molar-refractivity contribution in [3.05, 3.63) is 64.6 Å². The first-order chi connectivity index (χ1) is 14.5. The molecular formula is C22H20N2O5S. The molecule has 2 aliphatic heterocycles. The van der Waals surface area contributed by atoms with Crippen LogP contribution in [0.5, 0.6) is 11.5 Å². The van der Waals surface area contributed by atoms with Crippen LogP contribution in [0.15, 0.2) is 53.4 Å². The molecule has 0 aliphatic carbocycles. The maximum Gasteiger partial charge on any atom is 0.410 e. The van der Waals surface area contributed by atoms with Crippen molar-refractivity contribution in [1.29, 1.82) is 0 Å². The molecule has 3 amide bonds. The number of hydrogen-bond acceptors (Lipinski definition) is 6. The molecule has 4 rings (SSSR count). The first-order valence-electron chi connectivity index (χ1n) is 9.57. The molecule has 2 heterocycles. The Hall–Kier alpha value is -3.26. The number of benzene rings is 2. The molecule has 0 aromatic heterocycles. The maximum absolute atomic E-state index is 11.7. The van der Waals surface area contributed by atoms with Gasteiger partial charge in [0.2, 0.25) is 0 Å². The molecule has 154 valence electrons. The van der Waals surface area contributed by atoms with E-state index in [0.29, 0.717) is 29.6 Å². The third-order valence-corrected chi connectivity index (χ3v) is 5.68. The quantitative estimate of drug-likeness (QED) is 0.700. The fourth-order valence-electron chi connectivity index (χ4n) is 3.35. The molecule has 2 saturated heterocycles. The second-order valence-corrected chi connectivity index (χ2v) is 7.90. The van der Waals surface area contributed by atoms with Gasteiger partial charge in [0.15, 0.2) is 0 Å². The van der Waals surface area contributed by atoms with E-state index in [0.717, 1.165) is 29.3 Å². The third-order valence-electron chi connectivity index (χ3n) is 4.87. The largest absolute Gasteiger partial charge is 0.457 e. The van der Waals surface area contributed by atoms with Crippen molar-refractivity contribution in [2.75, 3.05) is 13.2 Å². The Bertz CT molecular complexity index is 1000. The van der Waals surface area contributed by atoms with Crippen LogP contribution in [0.4, 0.5) is 9.59 Å². The summed E-state index contributed by atoms with van der Waals surface area (Å²) in [5.74, 6) is 0.990. The number of carbonyl (C=O) groups is 3. The lowest BCUT2D eigenvalue weighted by Gasteiger charge is -2.19. The summed E-state index contributed by atoms with van der Waals surface area (Å²) >= 11 is 0.890. The van der Waals surface area contributed by atoms with Gasteiger partial charge < -0.3 is 14.4 Å². The van der Waals surface area contributed by atoms with E-state index in [2.05, 4.69) is 5.32 Å². The first kappa shape index (κ1) is 20.0. The third kappa shape index (κ3) is 4.49. The van der Waals surface area contributed by atoms with Crippen molar-refractivity contribution in [2.45, 2.75) is 19.4 Å². The van der Waals surface area contributed by atoms with E-state index in [1.807, 2.05) is 43.3 Å². The molecule has 2 aromatic carbocycles. The van der Waals surface area contributed by atoms with Crippen LogP contribution in [0.25, 0.3) is 6.08 Å². The van der Waals surface area contributed by atoms with E-state index in [1.165, 1.54) is 0 Å². The number of amides is 3. The van der Waals surface area contributed by atoms with Gasteiger partial charge in [0.1, 0.15) is 18.1 Å². The Labute approximate surface area is 178 Å². The highest BCUT2D eigenvalue weighted by molar-refractivity contribution is 8.18. The predicted octanol–water partition coefficient (Wildman–Crippen LogP) is 4.19. The van der Waals surface area contributed by atoms with Crippen LogP contribution >= 0.6 is 11.8 Å². The van der Waals surface area contributed by atoms with Crippen molar-refractivity contribution in [3.63, 3.8) is 0 Å². The Morgan fingerprint density at radius 1 is 1.10 bits per heavy atom. The zero-order valence-electron chi connectivity index (χ0n) is 16.3. The van der Waals surface area contributed by atoms with E-state index in [4.69, 9.17) is 9.47 Å². The number of carbonyl (C=O) groups excluding carboxylic acids is 3. The van der Waals surface area contributed by atoms with Crippen molar-refractivity contribution in [3.8, 4) is 11.5 Å². The number of thioether (sulfide) groups is 1. The number of rotatable bonds is 6. The van der Waals surface area contributed by atoms with Gasteiger partial charge in [-0.1, -0.05) is 24.3 Å². The number of cyclic esters (lactones) is 1. The molecule has 0 spiro atoms. The SMILES string of the molecule is CCN1C(=O)OCC1Cc1ccc(Oc2ccc(/C=C3/SC(=O)NC3=O)cc2)cc1. The Morgan fingerprint density at radius 2 is 1.77 bits per heavy atom. The van der Waals surface area contributed by atoms with Gasteiger partial charge in [0.25, 0.3) is 11.1 Å². The summed E-state index contributed by atoms with van der Waals surface area (Å²) in [7, 11) is 0. The summed E-state index contributed by atoms with van der Waals surface area (Å²) in [6.07, 6.45) is 2.15. The standard InChI is InChI=1S/C22H20N2O5S/c1-2-24-16(13-28-22(24)27)11-14-3-7-17(8-4-14)29-18-9-5-15(6-10-18)12-19-20(25)23-21(26)30-19/h3-10,12,16H,2,11,13H2,1H3,(H,23,25,26)/b19-12+. The van der Waals surface area contributed by atoms with Crippen LogP contribution in [0.1, 0.15) is 18.1 Å². The second-order valence-electron chi connectivity index (χ2n) is 6.89. The Kier molecular flexibility index (Phi) is 5.76. The minimum atomic E-state index is -0.374. The molecule has 30 heavy (non-hydrogen) atoms. The van der Waals surface area contributed by atoms with E-state index >= 15 is 0 Å². The van der Waals surface area contributed by atoms with Crippen LogP contribution in [0, 0.1) is 0 Å². The van der Waals surface area contributed by atoms with Gasteiger partial charge in [-0.05, 0) is 66.6 Å². The molecule has 1 atom stereocenters. The van der Waals surface area contributed by atoms with Crippen molar-refractivity contribution >= 4 is 35.1 Å². The van der Waals surface area contributed by atoms with Gasteiger partial charge in [0.05, 0.1) is 10.9 Å². The molecule has 0 bridgehead atoms. The monoisotopic (exact) mass is 424 g/mol. The van der Waals surface area contributed by atoms with Crippen LogP contribution < -0.4 is 10.1 Å². The van der Waals surface area contributed by atoms with Gasteiger partial charge in [0, 0.05) is 6.54 Å². The summed E-state index contributed by atoms with van der Waals surface area (Å²) in [4.78, 5) is 36.6. The molecule has 2 aromatic rings. The lowest BCUT2D eigenvalue weighted by molar-refractivity contribution is -0.115.